The molecule has 1 saturated carbocycles. The molecule has 1 aliphatic heterocycles. The first-order valence-electron chi connectivity index (χ1n) is 10.5. The van der Waals surface area contributed by atoms with Crippen molar-refractivity contribution in [1.82, 2.24) is 15.5 Å². The highest BCUT2D eigenvalue weighted by molar-refractivity contribution is 5.98. The second kappa shape index (κ2) is 8.74. The number of hydrogen-bond donors (Lipinski definition) is 2. The first kappa shape index (κ1) is 18.9. The van der Waals surface area contributed by atoms with Gasteiger partial charge in [-0.05, 0) is 67.6 Å². The summed E-state index contributed by atoms with van der Waals surface area (Å²) in [6.07, 6.45) is 4.36. The molecule has 5 heteroatoms. The molecule has 1 heterocycles. The van der Waals surface area contributed by atoms with Crippen LogP contribution in [0.4, 0.5) is 0 Å². The van der Waals surface area contributed by atoms with Gasteiger partial charge in [-0.15, -0.1) is 0 Å². The minimum atomic E-state index is -0.0277. The van der Waals surface area contributed by atoms with Crippen LogP contribution >= 0.6 is 0 Å². The summed E-state index contributed by atoms with van der Waals surface area (Å²) < 4.78 is 0. The van der Waals surface area contributed by atoms with Gasteiger partial charge < -0.3 is 15.5 Å². The fraction of sp³-hybridized carbons (Fsp3) is 0.478. The van der Waals surface area contributed by atoms with Crippen molar-refractivity contribution in [3.05, 3.63) is 48.0 Å². The van der Waals surface area contributed by atoms with Gasteiger partial charge in [0.1, 0.15) is 0 Å². The number of nitrogens with one attached hydrogen (secondary N) is 2. The third-order valence-corrected chi connectivity index (χ3v) is 5.95. The maximum absolute atomic E-state index is 12.4. The molecule has 0 atom stereocenters. The maximum Gasteiger partial charge on any atom is 0.251 e. The van der Waals surface area contributed by atoms with Crippen molar-refractivity contribution in [3.63, 3.8) is 0 Å². The van der Waals surface area contributed by atoms with E-state index in [2.05, 4.69) is 15.5 Å². The third-order valence-electron chi connectivity index (χ3n) is 5.95. The molecule has 2 N–H and O–H groups in total. The number of likely N-dealkylation sites (tertiary alicyclic amines) is 1. The highest BCUT2D eigenvalue weighted by Crippen LogP contribution is 2.28. The molecule has 2 aromatic carbocycles. The number of rotatable bonds is 7. The SMILES string of the molecule is O=C(NCCN1CCC(C(=O)NCC2CC2)CC1)c1ccc2ccccc2c1. The van der Waals surface area contributed by atoms with Gasteiger partial charge in [0, 0.05) is 31.1 Å². The molecular formula is C23H29N3O2. The Hall–Kier alpha value is -2.40. The van der Waals surface area contributed by atoms with Crippen molar-refractivity contribution in [1.29, 1.82) is 0 Å². The number of nitrogens with zero attached hydrogens (tertiary/aromatic N) is 1. The largest absolute Gasteiger partial charge is 0.356 e. The molecule has 28 heavy (non-hydrogen) atoms. The lowest BCUT2D eigenvalue weighted by atomic mass is 9.96. The van der Waals surface area contributed by atoms with E-state index in [4.69, 9.17) is 0 Å². The van der Waals surface area contributed by atoms with Crippen molar-refractivity contribution in [3.8, 4) is 0 Å². The van der Waals surface area contributed by atoms with E-state index in [-0.39, 0.29) is 17.7 Å². The smallest absolute Gasteiger partial charge is 0.251 e. The van der Waals surface area contributed by atoms with E-state index in [0.717, 1.165) is 55.7 Å². The molecule has 4 rings (SSSR count). The third kappa shape index (κ3) is 4.90. The number of hydrogen-bond acceptors (Lipinski definition) is 3. The first-order chi connectivity index (χ1) is 13.7. The quantitative estimate of drug-likeness (QED) is 0.778. The van der Waals surface area contributed by atoms with Crippen LogP contribution in [0.15, 0.2) is 42.5 Å². The molecule has 2 aliphatic rings. The average Bonchev–Trinajstić information content (AvgIpc) is 3.56. The van der Waals surface area contributed by atoms with Crippen LogP contribution in [0.3, 0.4) is 0 Å². The average molecular weight is 380 g/mol. The maximum atomic E-state index is 12.4. The second-order valence-electron chi connectivity index (χ2n) is 8.12. The minimum Gasteiger partial charge on any atom is -0.356 e. The summed E-state index contributed by atoms with van der Waals surface area (Å²) in [6, 6.07) is 13.9. The van der Waals surface area contributed by atoms with Crippen LogP contribution in [0.5, 0.6) is 0 Å². The van der Waals surface area contributed by atoms with Gasteiger partial charge in [0.25, 0.3) is 5.91 Å². The van der Waals surface area contributed by atoms with E-state index in [1.54, 1.807) is 0 Å². The van der Waals surface area contributed by atoms with Crippen LogP contribution < -0.4 is 10.6 Å². The lowest BCUT2D eigenvalue weighted by Gasteiger charge is -2.31. The molecule has 1 saturated heterocycles. The van der Waals surface area contributed by atoms with E-state index in [1.807, 2.05) is 42.5 Å². The van der Waals surface area contributed by atoms with Gasteiger partial charge in [0.2, 0.25) is 5.91 Å². The molecule has 2 amide bonds. The molecule has 0 radical (unpaired) electrons. The standard InChI is InChI=1S/C23H29N3O2/c27-22(25-16-17-5-6-17)19-9-12-26(13-10-19)14-11-24-23(28)21-8-7-18-3-1-2-4-20(18)15-21/h1-4,7-8,15,17,19H,5-6,9-14,16H2,(H,24,28)(H,25,27). The van der Waals surface area contributed by atoms with E-state index >= 15 is 0 Å². The number of fused-ring (bicyclic) bond motifs is 1. The Morgan fingerprint density at radius 1 is 0.929 bits per heavy atom. The molecule has 5 nitrogen and oxygen atoms in total. The van der Waals surface area contributed by atoms with Crippen LogP contribution in [-0.2, 0) is 4.79 Å². The Morgan fingerprint density at radius 3 is 2.43 bits per heavy atom. The molecular weight excluding hydrogens is 350 g/mol. The molecule has 2 fully saturated rings. The van der Waals surface area contributed by atoms with Gasteiger partial charge in [-0.2, -0.15) is 0 Å². The topological polar surface area (TPSA) is 61.4 Å². The fourth-order valence-electron chi connectivity index (χ4n) is 3.89. The van der Waals surface area contributed by atoms with Crippen molar-refractivity contribution < 1.29 is 9.59 Å². The molecule has 0 spiro atoms. The molecule has 0 unspecified atom stereocenters. The van der Waals surface area contributed by atoms with Gasteiger partial charge in [0.05, 0.1) is 0 Å². The van der Waals surface area contributed by atoms with Crippen molar-refractivity contribution in [2.24, 2.45) is 11.8 Å². The molecule has 148 valence electrons. The summed E-state index contributed by atoms with van der Waals surface area (Å²) in [6.45, 7) is 4.17. The lowest BCUT2D eigenvalue weighted by molar-refractivity contribution is -0.126. The summed E-state index contributed by atoms with van der Waals surface area (Å²) in [5.41, 5.74) is 0.699. The van der Waals surface area contributed by atoms with Gasteiger partial charge in [-0.25, -0.2) is 0 Å². The zero-order valence-corrected chi connectivity index (χ0v) is 16.3. The summed E-state index contributed by atoms with van der Waals surface area (Å²) >= 11 is 0. The molecule has 2 aromatic rings. The number of carbonyl (C=O) groups is 2. The Kier molecular flexibility index (Phi) is 5.91. The van der Waals surface area contributed by atoms with Gasteiger partial charge >= 0.3 is 0 Å². The monoisotopic (exact) mass is 379 g/mol. The molecule has 0 aromatic heterocycles. The van der Waals surface area contributed by atoms with Crippen molar-refractivity contribution >= 4 is 22.6 Å². The minimum absolute atomic E-state index is 0.0277. The van der Waals surface area contributed by atoms with E-state index in [0.29, 0.717) is 12.1 Å². The van der Waals surface area contributed by atoms with Crippen LogP contribution in [0.1, 0.15) is 36.0 Å². The lowest BCUT2D eigenvalue weighted by Crippen LogP contribution is -2.43. The van der Waals surface area contributed by atoms with E-state index < -0.39 is 0 Å². The number of benzene rings is 2. The van der Waals surface area contributed by atoms with Crippen LogP contribution in [-0.4, -0.2) is 49.4 Å². The highest BCUT2D eigenvalue weighted by Gasteiger charge is 2.27. The first-order valence-corrected chi connectivity index (χ1v) is 10.5. The second-order valence-corrected chi connectivity index (χ2v) is 8.12. The molecule has 1 aliphatic carbocycles. The zero-order chi connectivity index (χ0) is 19.3. The number of piperidine rings is 1. The Morgan fingerprint density at radius 2 is 1.68 bits per heavy atom. The van der Waals surface area contributed by atoms with Crippen molar-refractivity contribution in [2.75, 3.05) is 32.7 Å². The van der Waals surface area contributed by atoms with Gasteiger partial charge in [-0.3, -0.25) is 9.59 Å². The summed E-state index contributed by atoms with van der Waals surface area (Å²) in [5, 5.41) is 8.35. The summed E-state index contributed by atoms with van der Waals surface area (Å²) in [4.78, 5) is 27.0. The Balaban J connectivity index is 1.17. The van der Waals surface area contributed by atoms with Gasteiger partial charge in [0.15, 0.2) is 0 Å². The van der Waals surface area contributed by atoms with Crippen molar-refractivity contribution in [2.45, 2.75) is 25.7 Å². The summed E-state index contributed by atoms with van der Waals surface area (Å²) in [5.74, 6) is 1.09. The molecule has 0 bridgehead atoms. The normalized spacial score (nSPS) is 18.1. The highest BCUT2D eigenvalue weighted by atomic mass is 16.2. The van der Waals surface area contributed by atoms with Crippen LogP contribution in [0.25, 0.3) is 10.8 Å². The Labute approximate surface area is 166 Å². The number of amides is 2. The fourth-order valence-corrected chi connectivity index (χ4v) is 3.89. The predicted octanol–water partition coefficient (Wildman–Crippen LogP) is 2.81. The van der Waals surface area contributed by atoms with Gasteiger partial charge in [-0.1, -0.05) is 30.3 Å². The zero-order valence-electron chi connectivity index (χ0n) is 16.3. The van der Waals surface area contributed by atoms with Crippen LogP contribution in [0.2, 0.25) is 0 Å². The predicted molar refractivity (Wildman–Crippen MR) is 111 cm³/mol. The van der Waals surface area contributed by atoms with E-state index in [1.165, 1.54) is 12.8 Å². The van der Waals surface area contributed by atoms with Crippen LogP contribution in [0, 0.1) is 11.8 Å². The Bertz CT molecular complexity index is 839. The van der Waals surface area contributed by atoms with E-state index in [9.17, 15) is 9.59 Å². The number of carbonyl (C=O) groups excluding carboxylic acids is 2. The summed E-state index contributed by atoms with van der Waals surface area (Å²) in [7, 11) is 0.